The lowest BCUT2D eigenvalue weighted by Crippen LogP contribution is -2.40. The summed E-state index contributed by atoms with van der Waals surface area (Å²) in [5.74, 6) is -0.0836. The van der Waals surface area contributed by atoms with Gasteiger partial charge in [0.1, 0.15) is 0 Å². The number of carbonyl (C=O) groups is 1. The van der Waals surface area contributed by atoms with Crippen LogP contribution in [-0.4, -0.2) is 44.6 Å². The molecule has 0 fully saturated rings. The summed E-state index contributed by atoms with van der Waals surface area (Å²) in [6.07, 6.45) is 1.44. The molecule has 0 aromatic rings. The van der Waals surface area contributed by atoms with E-state index in [1.165, 1.54) is 0 Å². The van der Waals surface area contributed by atoms with Gasteiger partial charge in [-0.2, -0.15) is 0 Å². The number of nitrogens with zero attached hydrogens (tertiary/aromatic N) is 1. The normalized spacial score (nSPS) is 11.4. The summed E-state index contributed by atoms with van der Waals surface area (Å²) in [5.41, 5.74) is 0. The molecular formula is C10H22N2O3S. The second-order valence-corrected chi connectivity index (χ2v) is 5.49. The zero-order chi connectivity index (χ0) is 12.6. The maximum absolute atomic E-state index is 11.5. The largest absolute Gasteiger partial charge is 0.342 e. The molecule has 0 atom stereocenters. The van der Waals surface area contributed by atoms with E-state index >= 15 is 0 Å². The number of unbranched alkanes of at least 4 members (excludes halogenated alkanes) is 1. The Hall–Kier alpha value is -0.620. The molecule has 0 saturated heterocycles. The molecule has 0 bridgehead atoms. The standard InChI is InChI=1S/C10H22N2O3S/c1-4-7-8-16(14,15)11-9-10(13)12(5-2)6-3/h11H,4-9H2,1-3H3. The minimum absolute atomic E-state index is 0.0923. The Bertz CT molecular complexity index is 297. The van der Waals surface area contributed by atoms with Crippen molar-refractivity contribution in [3.8, 4) is 0 Å². The molecule has 0 aliphatic rings. The molecule has 0 heterocycles. The fraction of sp³-hybridized carbons (Fsp3) is 0.900. The topological polar surface area (TPSA) is 66.5 Å². The van der Waals surface area contributed by atoms with Crippen molar-refractivity contribution in [1.29, 1.82) is 0 Å². The van der Waals surface area contributed by atoms with Crippen LogP contribution in [0.3, 0.4) is 0 Å². The van der Waals surface area contributed by atoms with Crippen molar-refractivity contribution in [2.24, 2.45) is 0 Å². The molecule has 0 aromatic heterocycles. The summed E-state index contributed by atoms with van der Waals surface area (Å²) < 4.78 is 25.1. The zero-order valence-electron chi connectivity index (χ0n) is 10.3. The number of nitrogens with one attached hydrogen (secondary N) is 1. The minimum Gasteiger partial charge on any atom is -0.342 e. The predicted octanol–water partition coefficient (Wildman–Crippen LogP) is 0.574. The van der Waals surface area contributed by atoms with Crippen LogP contribution in [0.25, 0.3) is 0 Å². The average Bonchev–Trinajstić information content (AvgIpc) is 2.25. The maximum atomic E-state index is 11.5. The number of hydrogen-bond acceptors (Lipinski definition) is 3. The summed E-state index contributed by atoms with van der Waals surface area (Å²) in [6.45, 7) is 6.74. The molecule has 0 aromatic carbocycles. The fourth-order valence-electron chi connectivity index (χ4n) is 1.27. The Labute approximate surface area is 98.3 Å². The number of rotatable bonds is 8. The highest BCUT2D eigenvalue weighted by atomic mass is 32.2. The number of sulfonamides is 1. The fourth-order valence-corrected chi connectivity index (χ4v) is 2.42. The molecule has 0 aliphatic carbocycles. The molecule has 0 unspecified atom stereocenters. The third-order valence-corrected chi connectivity index (χ3v) is 3.74. The van der Waals surface area contributed by atoms with Crippen molar-refractivity contribution in [2.75, 3.05) is 25.4 Å². The average molecular weight is 250 g/mol. The van der Waals surface area contributed by atoms with Crippen LogP contribution in [0, 0.1) is 0 Å². The third kappa shape index (κ3) is 6.07. The lowest BCUT2D eigenvalue weighted by molar-refractivity contribution is -0.129. The highest BCUT2D eigenvalue weighted by Crippen LogP contribution is 1.94. The van der Waals surface area contributed by atoms with Crippen LogP contribution in [0.4, 0.5) is 0 Å². The second kappa shape index (κ2) is 7.62. The first kappa shape index (κ1) is 15.4. The molecule has 0 radical (unpaired) electrons. The summed E-state index contributed by atoms with van der Waals surface area (Å²) in [6, 6.07) is 0. The molecule has 0 aliphatic heterocycles. The van der Waals surface area contributed by atoms with Crippen LogP contribution in [0.5, 0.6) is 0 Å². The van der Waals surface area contributed by atoms with E-state index in [1.807, 2.05) is 20.8 Å². The first-order valence-corrected chi connectivity index (χ1v) is 7.37. The summed E-state index contributed by atoms with van der Waals surface area (Å²) >= 11 is 0. The maximum Gasteiger partial charge on any atom is 0.237 e. The summed E-state index contributed by atoms with van der Waals surface area (Å²) in [5, 5.41) is 0. The Morgan fingerprint density at radius 3 is 2.19 bits per heavy atom. The van der Waals surface area contributed by atoms with Gasteiger partial charge in [-0.05, 0) is 20.3 Å². The summed E-state index contributed by atoms with van der Waals surface area (Å²) in [4.78, 5) is 13.1. The predicted molar refractivity (Wildman–Crippen MR) is 64.6 cm³/mol. The van der Waals surface area contributed by atoms with Gasteiger partial charge in [0, 0.05) is 13.1 Å². The highest BCUT2D eigenvalue weighted by Gasteiger charge is 2.14. The van der Waals surface area contributed by atoms with E-state index in [2.05, 4.69) is 4.72 Å². The van der Waals surface area contributed by atoms with Gasteiger partial charge in [0.25, 0.3) is 0 Å². The molecule has 1 amide bonds. The van der Waals surface area contributed by atoms with Gasteiger partial charge in [0.2, 0.25) is 15.9 Å². The summed E-state index contributed by atoms with van der Waals surface area (Å²) in [7, 11) is -3.29. The highest BCUT2D eigenvalue weighted by molar-refractivity contribution is 7.89. The van der Waals surface area contributed by atoms with Gasteiger partial charge in [-0.15, -0.1) is 0 Å². The van der Waals surface area contributed by atoms with Crippen molar-refractivity contribution >= 4 is 15.9 Å². The molecule has 0 spiro atoms. The monoisotopic (exact) mass is 250 g/mol. The van der Waals surface area contributed by atoms with Crippen molar-refractivity contribution in [3.63, 3.8) is 0 Å². The first-order valence-electron chi connectivity index (χ1n) is 5.71. The number of likely N-dealkylation sites (N-methyl/N-ethyl adjacent to an activating group) is 1. The van der Waals surface area contributed by atoms with Crippen molar-refractivity contribution in [3.05, 3.63) is 0 Å². The smallest absolute Gasteiger partial charge is 0.237 e. The van der Waals surface area contributed by atoms with Crippen molar-refractivity contribution in [1.82, 2.24) is 9.62 Å². The molecule has 96 valence electrons. The van der Waals surface area contributed by atoms with Gasteiger partial charge in [-0.3, -0.25) is 4.79 Å². The number of carbonyl (C=O) groups excluding carboxylic acids is 1. The van der Waals surface area contributed by atoms with Crippen LogP contribution in [0.2, 0.25) is 0 Å². The molecular weight excluding hydrogens is 228 g/mol. The molecule has 1 N–H and O–H groups in total. The Morgan fingerprint density at radius 2 is 1.75 bits per heavy atom. The lowest BCUT2D eigenvalue weighted by Gasteiger charge is -2.18. The quantitative estimate of drug-likeness (QED) is 0.685. The Kier molecular flexibility index (Phi) is 7.33. The van der Waals surface area contributed by atoms with Crippen molar-refractivity contribution < 1.29 is 13.2 Å². The van der Waals surface area contributed by atoms with E-state index in [9.17, 15) is 13.2 Å². The second-order valence-electron chi connectivity index (χ2n) is 3.56. The minimum atomic E-state index is -3.29. The Balaban J connectivity index is 4.08. The molecule has 0 rings (SSSR count). The zero-order valence-corrected chi connectivity index (χ0v) is 11.1. The molecule has 0 saturated carbocycles. The van der Waals surface area contributed by atoms with Crippen LogP contribution in [0.15, 0.2) is 0 Å². The Morgan fingerprint density at radius 1 is 1.19 bits per heavy atom. The van der Waals surface area contributed by atoms with Crippen molar-refractivity contribution in [2.45, 2.75) is 33.6 Å². The van der Waals surface area contributed by atoms with Gasteiger partial charge >= 0.3 is 0 Å². The van der Waals surface area contributed by atoms with Crippen LogP contribution in [0.1, 0.15) is 33.6 Å². The molecule has 6 heteroatoms. The SMILES string of the molecule is CCCCS(=O)(=O)NCC(=O)N(CC)CC. The van der Waals surface area contributed by atoms with E-state index in [4.69, 9.17) is 0 Å². The third-order valence-electron chi connectivity index (χ3n) is 2.33. The lowest BCUT2D eigenvalue weighted by atomic mass is 10.4. The van der Waals surface area contributed by atoms with Gasteiger partial charge < -0.3 is 4.90 Å². The van der Waals surface area contributed by atoms with E-state index in [0.29, 0.717) is 19.5 Å². The number of hydrogen-bond donors (Lipinski definition) is 1. The number of amides is 1. The van der Waals surface area contributed by atoms with Crippen LogP contribution in [-0.2, 0) is 14.8 Å². The van der Waals surface area contributed by atoms with Gasteiger partial charge in [-0.1, -0.05) is 13.3 Å². The van der Waals surface area contributed by atoms with Crippen LogP contribution >= 0.6 is 0 Å². The molecule has 5 nitrogen and oxygen atoms in total. The molecule has 16 heavy (non-hydrogen) atoms. The van der Waals surface area contributed by atoms with E-state index < -0.39 is 10.0 Å². The van der Waals surface area contributed by atoms with Gasteiger partial charge in [-0.25, -0.2) is 13.1 Å². The van der Waals surface area contributed by atoms with E-state index in [0.717, 1.165) is 6.42 Å². The van der Waals surface area contributed by atoms with E-state index in [1.54, 1.807) is 4.90 Å². The van der Waals surface area contributed by atoms with Gasteiger partial charge in [0.15, 0.2) is 0 Å². The van der Waals surface area contributed by atoms with Gasteiger partial charge in [0.05, 0.1) is 12.3 Å². The van der Waals surface area contributed by atoms with Crippen LogP contribution < -0.4 is 4.72 Å². The first-order chi connectivity index (χ1) is 7.46. The van der Waals surface area contributed by atoms with E-state index in [-0.39, 0.29) is 18.2 Å².